The Kier molecular flexibility index (Phi) is 7.76. The van der Waals surface area contributed by atoms with Crippen LogP contribution in [-0.2, 0) is 26.0 Å². The van der Waals surface area contributed by atoms with E-state index < -0.39 is 10.0 Å². The maximum Gasteiger partial charge on any atom is 0.243 e. The van der Waals surface area contributed by atoms with Crippen molar-refractivity contribution in [3.8, 4) is 0 Å². The van der Waals surface area contributed by atoms with E-state index in [1.165, 1.54) is 4.31 Å². The molecule has 1 heterocycles. The molecule has 2 aromatic rings. The molecule has 162 valence electrons. The van der Waals surface area contributed by atoms with Gasteiger partial charge in [0.25, 0.3) is 0 Å². The van der Waals surface area contributed by atoms with Crippen LogP contribution >= 0.6 is 23.2 Å². The van der Waals surface area contributed by atoms with E-state index in [1.807, 2.05) is 6.92 Å². The Labute approximate surface area is 187 Å². The normalized spacial score (nSPS) is 16.2. The van der Waals surface area contributed by atoms with Gasteiger partial charge in [0.1, 0.15) is 0 Å². The second kappa shape index (κ2) is 10.1. The zero-order chi connectivity index (χ0) is 21.7. The Morgan fingerprint density at radius 3 is 2.43 bits per heavy atom. The van der Waals surface area contributed by atoms with Crippen LogP contribution in [-0.4, -0.2) is 44.9 Å². The molecule has 0 aromatic heterocycles. The van der Waals surface area contributed by atoms with Gasteiger partial charge in [0.05, 0.1) is 24.2 Å². The van der Waals surface area contributed by atoms with Crippen LogP contribution in [0.3, 0.4) is 0 Å². The number of ether oxygens (including phenoxy) is 1. The first-order valence-corrected chi connectivity index (χ1v) is 11.9. The van der Waals surface area contributed by atoms with Gasteiger partial charge in [0, 0.05) is 29.6 Å². The van der Waals surface area contributed by atoms with E-state index in [4.69, 9.17) is 27.9 Å². The lowest BCUT2D eigenvalue weighted by Gasteiger charge is -2.26. The fraction of sp³-hybridized carbons (Fsp3) is 0.381. The molecule has 2 aromatic carbocycles. The zero-order valence-electron chi connectivity index (χ0n) is 16.6. The van der Waals surface area contributed by atoms with Crippen molar-refractivity contribution >= 4 is 39.1 Å². The van der Waals surface area contributed by atoms with Crippen LogP contribution in [0.2, 0.25) is 10.0 Å². The van der Waals surface area contributed by atoms with Crippen molar-refractivity contribution in [2.75, 3.05) is 26.3 Å². The number of aryl methyl sites for hydroxylation is 1. The Morgan fingerprint density at radius 2 is 1.80 bits per heavy atom. The van der Waals surface area contributed by atoms with Crippen molar-refractivity contribution in [2.24, 2.45) is 0 Å². The molecule has 1 aliphatic heterocycles. The van der Waals surface area contributed by atoms with E-state index >= 15 is 0 Å². The summed E-state index contributed by atoms with van der Waals surface area (Å²) in [4.78, 5) is 12.6. The van der Waals surface area contributed by atoms with Crippen molar-refractivity contribution in [3.05, 3.63) is 63.6 Å². The minimum atomic E-state index is -3.51. The van der Waals surface area contributed by atoms with Crippen molar-refractivity contribution in [3.63, 3.8) is 0 Å². The maximum absolute atomic E-state index is 12.7. The number of hydrogen-bond donors (Lipinski definition) is 1. The quantitative estimate of drug-likeness (QED) is 0.666. The van der Waals surface area contributed by atoms with Gasteiger partial charge in [0.15, 0.2) is 0 Å². The third kappa shape index (κ3) is 5.74. The number of nitrogens with zero attached hydrogens (tertiary/aromatic N) is 1. The second-order valence-corrected chi connectivity index (χ2v) is 9.90. The summed E-state index contributed by atoms with van der Waals surface area (Å²) in [6.45, 7) is 3.40. The highest BCUT2D eigenvalue weighted by Crippen LogP contribution is 2.26. The highest BCUT2D eigenvalue weighted by molar-refractivity contribution is 7.89. The number of morpholine rings is 1. The molecular formula is C21H24Cl2N2O4S. The largest absolute Gasteiger partial charge is 0.379 e. The Morgan fingerprint density at radius 1 is 1.13 bits per heavy atom. The van der Waals surface area contributed by atoms with Crippen molar-refractivity contribution in [1.82, 2.24) is 9.62 Å². The van der Waals surface area contributed by atoms with Gasteiger partial charge < -0.3 is 10.1 Å². The van der Waals surface area contributed by atoms with Gasteiger partial charge in [-0.05, 0) is 48.7 Å². The van der Waals surface area contributed by atoms with Crippen molar-refractivity contribution in [2.45, 2.75) is 30.7 Å². The first-order chi connectivity index (χ1) is 14.3. The summed E-state index contributed by atoms with van der Waals surface area (Å²) < 4.78 is 32.0. The zero-order valence-corrected chi connectivity index (χ0v) is 18.9. The number of carbonyl (C=O) groups is 1. The lowest BCUT2D eigenvalue weighted by Crippen LogP contribution is -2.40. The molecule has 0 aliphatic carbocycles. The summed E-state index contributed by atoms with van der Waals surface area (Å²) in [5.74, 6) is -0.112. The lowest BCUT2D eigenvalue weighted by molar-refractivity contribution is -0.121. The molecule has 0 bridgehead atoms. The molecule has 1 aliphatic rings. The molecule has 9 heteroatoms. The van der Waals surface area contributed by atoms with E-state index in [1.54, 1.807) is 42.5 Å². The Bertz CT molecular complexity index is 991. The number of halogens is 2. The number of sulfonamides is 1. The summed E-state index contributed by atoms with van der Waals surface area (Å²) in [5, 5.41) is 3.97. The van der Waals surface area contributed by atoms with E-state index in [0.717, 1.165) is 11.1 Å². The fourth-order valence-electron chi connectivity index (χ4n) is 3.27. The van der Waals surface area contributed by atoms with Gasteiger partial charge >= 0.3 is 0 Å². The first kappa shape index (κ1) is 23.0. The minimum Gasteiger partial charge on any atom is -0.379 e. The van der Waals surface area contributed by atoms with Crippen LogP contribution in [0.5, 0.6) is 0 Å². The molecule has 1 amide bonds. The van der Waals surface area contributed by atoms with Crippen LogP contribution in [0, 0.1) is 0 Å². The Balaban J connectivity index is 1.55. The average molecular weight is 471 g/mol. The summed E-state index contributed by atoms with van der Waals surface area (Å²) >= 11 is 12.1. The summed E-state index contributed by atoms with van der Waals surface area (Å²) in [5.41, 5.74) is 1.69. The van der Waals surface area contributed by atoms with E-state index in [-0.39, 0.29) is 23.3 Å². The number of amides is 1. The standard InChI is InChI=1S/C21H24Cl2N2O4S/c1-15(19-8-5-17(22)14-20(19)23)24-21(26)9-4-16-2-6-18(7-3-16)30(27,28)25-10-12-29-13-11-25/h2-3,5-8,14-15H,4,9-13H2,1H3,(H,24,26). The molecule has 0 saturated carbocycles. The SMILES string of the molecule is CC(NC(=O)CCc1ccc(S(=O)(=O)N2CCOCC2)cc1)c1ccc(Cl)cc1Cl. The topological polar surface area (TPSA) is 75.7 Å². The third-order valence-electron chi connectivity index (χ3n) is 4.98. The van der Waals surface area contributed by atoms with E-state index in [2.05, 4.69) is 5.32 Å². The van der Waals surface area contributed by atoms with Crippen molar-refractivity contribution < 1.29 is 17.9 Å². The number of nitrogens with one attached hydrogen (secondary N) is 1. The first-order valence-electron chi connectivity index (χ1n) is 9.68. The highest BCUT2D eigenvalue weighted by atomic mass is 35.5. The molecule has 1 atom stereocenters. The van der Waals surface area contributed by atoms with Crippen LogP contribution in [0.4, 0.5) is 0 Å². The smallest absolute Gasteiger partial charge is 0.243 e. The molecule has 30 heavy (non-hydrogen) atoms. The maximum atomic E-state index is 12.7. The van der Waals surface area contributed by atoms with Gasteiger partial charge in [-0.3, -0.25) is 4.79 Å². The van der Waals surface area contributed by atoms with E-state index in [9.17, 15) is 13.2 Å². The molecule has 1 saturated heterocycles. The molecule has 1 fully saturated rings. The third-order valence-corrected chi connectivity index (χ3v) is 7.45. The second-order valence-electron chi connectivity index (χ2n) is 7.12. The van der Waals surface area contributed by atoms with Gasteiger partial charge in [0.2, 0.25) is 15.9 Å². The average Bonchev–Trinajstić information content (AvgIpc) is 2.73. The molecule has 6 nitrogen and oxygen atoms in total. The lowest BCUT2D eigenvalue weighted by atomic mass is 10.1. The fourth-order valence-corrected chi connectivity index (χ4v) is 5.25. The number of carbonyl (C=O) groups excluding carboxylic acids is 1. The number of rotatable bonds is 7. The molecule has 0 spiro atoms. The summed E-state index contributed by atoms with van der Waals surface area (Å²) in [6, 6.07) is 11.6. The van der Waals surface area contributed by atoms with Gasteiger partial charge in [-0.25, -0.2) is 8.42 Å². The van der Waals surface area contributed by atoms with E-state index in [0.29, 0.717) is 42.8 Å². The van der Waals surface area contributed by atoms with Crippen molar-refractivity contribution in [1.29, 1.82) is 0 Å². The minimum absolute atomic E-state index is 0.112. The molecule has 1 unspecified atom stereocenters. The number of hydrogen-bond acceptors (Lipinski definition) is 4. The van der Waals surface area contributed by atoms with Gasteiger partial charge in [-0.2, -0.15) is 4.31 Å². The predicted molar refractivity (Wildman–Crippen MR) is 117 cm³/mol. The predicted octanol–water partition coefficient (Wildman–Crippen LogP) is 3.82. The van der Waals surface area contributed by atoms with Crippen LogP contribution < -0.4 is 5.32 Å². The van der Waals surface area contributed by atoms with Crippen LogP contribution in [0.1, 0.15) is 30.5 Å². The van der Waals surface area contributed by atoms with Crippen LogP contribution in [0.15, 0.2) is 47.4 Å². The summed E-state index contributed by atoms with van der Waals surface area (Å²) in [6.07, 6.45) is 0.788. The van der Waals surface area contributed by atoms with Crippen LogP contribution in [0.25, 0.3) is 0 Å². The van der Waals surface area contributed by atoms with Gasteiger partial charge in [-0.1, -0.05) is 41.4 Å². The molecule has 0 radical (unpaired) electrons. The number of benzene rings is 2. The molecular weight excluding hydrogens is 447 g/mol. The Hall–Kier alpha value is -1.64. The molecule has 1 N–H and O–H groups in total. The monoisotopic (exact) mass is 470 g/mol. The summed E-state index contributed by atoms with van der Waals surface area (Å²) in [7, 11) is -3.51. The highest BCUT2D eigenvalue weighted by Gasteiger charge is 2.26. The van der Waals surface area contributed by atoms with Gasteiger partial charge in [-0.15, -0.1) is 0 Å². The molecule has 3 rings (SSSR count).